The van der Waals surface area contributed by atoms with Crippen LogP contribution in [0.5, 0.6) is 5.75 Å². The summed E-state index contributed by atoms with van der Waals surface area (Å²) in [6, 6.07) is 8.23. The summed E-state index contributed by atoms with van der Waals surface area (Å²) in [7, 11) is 1.70. The van der Waals surface area contributed by atoms with Gasteiger partial charge in [-0.25, -0.2) is 0 Å². The molecular weight excluding hydrogens is 172 g/mol. The summed E-state index contributed by atoms with van der Waals surface area (Å²) in [5.41, 5.74) is 2.53. The van der Waals surface area contributed by atoms with Crippen molar-refractivity contribution in [3.05, 3.63) is 42.0 Å². The van der Waals surface area contributed by atoms with E-state index < -0.39 is 0 Å². The van der Waals surface area contributed by atoms with Gasteiger partial charge in [0.1, 0.15) is 5.75 Å². The lowest BCUT2D eigenvalue weighted by molar-refractivity contribution is 0.414. The first-order chi connectivity index (χ1) is 6.63. The van der Waals surface area contributed by atoms with Crippen LogP contribution in [0, 0.1) is 0 Å². The van der Waals surface area contributed by atoms with Crippen LogP contribution >= 0.6 is 0 Å². The monoisotopic (exact) mass is 190 g/mol. The van der Waals surface area contributed by atoms with E-state index in [0.29, 0.717) is 5.92 Å². The van der Waals surface area contributed by atoms with Crippen molar-refractivity contribution < 1.29 is 4.74 Å². The standard InChI is InChI=1S/C13H18O/c1-10(2)8-11(3)12-6-5-7-13(9-12)14-4/h5-7,9,11H,1,8H2,2-4H3. The smallest absolute Gasteiger partial charge is 0.119 e. The molecule has 0 N–H and O–H groups in total. The van der Waals surface area contributed by atoms with Crippen LogP contribution in [0.1, 0.15) is 31.7 Å². The average Bonchev–Trinajstić information content (AvgIpc) is 2.17. The zero-order chi connectivity index (χ0) is 10.6. The fraction of sp³-hybridized carbons (Fsp3) is 0.385. The van der Waals surface area contributed by atoms with Crippen LogP contribution < -0.4 is 4.74 Å². The summed E-state index contributed by atoms with van der Waals surface area (Å²) in [6.07, 6.45) is 1.03. The average molecular weight is 190 g/mol. The minimum absolute atomic E-state index is 0.516. The van der Waals surface area contributed by atoms with Gasteiger partial charge in [-0.05, 0) is 37.0 Å². The Morgan fingerprint density at radius 1 is 1.50 bits per heavy atom. The molecule has 76 valence electrons. The maximum Gasteiger partial charge on any atom is 0.119 e. The van der Waals surface area contributed by atoms with Gasteiger partial charge in [-0.15, -0.1) is 6.58 Å². The molecule has 1 unspecified atom stereocenters. The number of ether oxygens (including phenoxy) is 1. The van der Waals surface area contributed by atoms with Gasteiger partial charge in [-0.1, -0.05) is 24.6 Å². The zero-order valence-corrected chi connectivity index (χ0v) is 9.21. The van der Waals surface area contributed by atoms with E-state index in [1.54, 1.807) is 7.11 Å². The number of hydrogen-bond acceptors (Lipinski definition) is 1. The summed E-state index contributed by atoms with van der Waals surface area (Å²) < 4.78 is 5.19. The van der Waals surface area contributed by atoms with Gasteiger partial charge in [-0.3, -0.25) is 0 Å². The maximum absolute atomic E-state index is 5.19. The normalized spacial score (nSPS) is 12.2. The second-order valence-electron chi connectivity index (χ2n) is 3.84. The molecule has 0 aliphatic carbocycles. The second kappa shape index (κ2) is 4.85. The number of benzene rings is 1. The molecule has 0 fully saturated rings. The van der Waals surface area contributed by atoms with E-state index in [4.69, 9.17) is 4.74 Å². The third kappa shape index (κ3) is 2.91. The quantitative estimate of drug-likeness (QED) is 0.657. The Balaban J connectivity index is 2.78. The predicted molar refractivity (Wildman–Crippen MR) is 60.8 cm³/mol. The topological polar surface area (TPSA) is 9.23 Å². The molecule has 0 aromatic heterocycles. The Hall–Kier alpha value is -1.24. The molecule has 0 saturated carbocycles. The molecule has 0 aliphatic rings. The highest BCUT2D eigenvalue weighted by Gasteiger charge is 2.06. The van der Waals surface area contributed by atoms with E-state index in [-0.39, 0.29) is 0 Å². The van der Waals surface area contributed by atoms with Gasteiger partial charge in [0.25, 0.3) is 0 Å². The molecule has 0 amide bonds. The fourth-order valence-corrected chi connectivity index (χ4v) is 1.59. The first-order valence-electron chi connectivity index (χ1n) is 4.92. The number of methoxy groups -OCH3 is 1. The van der Waals surface area contributed by atoms with E-state index in [1.807, 2.05) is 12.1 Å². The van der Waals surface area contributed by atoms with Crippen molar-refractivity contribution >= 4 is 0 Å². The molecular formula is C13H18O. The Bertz CT molecular complexity index is 315. The van der Waals surface area contributed by atoms with E-state index in [9.17, 15) is 0 Å². The van der Waals surface area contributed by atoms with Crippen LogP contribution in [0.3, 0.4) is 0 Å². The van der Waals surface area contributed by atoms with Crippen LogP contribution in [-0.4, -0.2) is 7.11 Å². The highest BCUT2D eigenvalue weighted by atomic mass is 16.5. The molecule has 0 heterocycles. The van der Waals surface area contributed by atoms with Gasteiger partial charge in [0.2, 0.25) is 0 Å². The van der Waals surface area contributed by atoms with Crippen LogP contribution in [0.4, 0.5) is 0 Å². The highest BCUT2D eigenvalue weighted by Crippen LogP contribution is 2.25. The van der Waals surface area contributed by atoms with E-state index in [2.05, 4.69) is 32.6 Å². The number of hydrogen-bond donors (Lipinski definition) is 0. The third-order valence-electron chi connectivity index (χ3n) is 2.32. The number of allylic oxidation sites excluding steroid dienone is 1. The van der Waals surface area contributed by atoms with Crippen molar-refractivity contribution in [1.29, 1.82) is 0 Å². The van der Waals surface area contributed by atoms with Crippen LogP contribution in [0.15, 0.2) is 36.4 Å². The molecule has 1 nitrogen and oxygen atoms in total. The van der Waals surface area contributed by atoms with Gasteiger partial charge >= 0.3 is 0 Å². The SMILES string of the molecule is C=C(C)CC(C)c1cccc(OC)c1. The van der Waals surface area contributed by atoms with Crippen LogP contribution in [0.2, 0.25) is 0 Å². The lowest BCUT2D eigenvalue weighted by Gasteiger charge is -2.12. The first kappa shape index (κ1) is 10.8. The number of rotatable bonds is 4. The molecule has 1 heteroatoms. The highest BCUT2D eigenvalue weighted by molar-refractivity contribution is 5.31. The lowest BCUT2D eigenvalue weighted by Crippen LogP contribution is -1.94. The fourth-order valence-electron chi connectivity index (χ4n) is 1.59. The summed E-state index contributed by atoms with van der Waals surface area (Å²) in [6.45, 7) is 8.21. The molecule has 1 aromatic rings. The van der Waals surface area contributed by atoms with E-state index in [1.165, 1.54) is 11.1 Å². The van der Waals surface area contributed by atoms with Gasteiger partial charge in [-0.2, -0.15) is 0 Å². The molecule has 0 saturated heterocycles. The van der Waals surface area contributed by atoms with Gasteiger partial charge in [0.05, 0.1) is 7.11 Å². The molecule has 0 aliphatic heterocycles. The lowest BCUT2D eigenvalue weighted by atomic mass is 9.95. The molecule has 0 spiro atoms. The van der Waals surface area contributed by atoms with Crippen molar-refractivity contribution in [2.75, 3.05) is 7.11 Å². The first-order valence-corrected chi connectivity index (χ1v) is 4.92. The van der Waals surface area contributed by atoms with Crippen molar-refractivity contribution in [2.24, 2.45) is 0 Å². The van der Waals surface area contributed by atoms with Gasteiger partial charge in [0, 0.05) is 0 Å². The largest absolute Gasteiger partial charge is 0.497 e. The molecule has 14 heavy (non-hydrogen) atoms. The van der Waals surface area contributed by atoms with Crippen molar-refractivity contribution in [3.8, 4) is 5.75 Å². The molecule has 1 rings (SSSR count). The van der Waals surface area contributed by atoms with Crippen molar-refractivity contribution in [1.82, 2.24) is 0 Å². The van der Waals surface area contributed by atoms with Crippen molar-refractivity contribution in [3.63, 3.8) is 0 Å². The summed E-state index contributed by atoms with van der Waals surface area (Å²) >= 11 is 0. The molecule has 0 radical (unpaired) electrons. The van der Waals surface area contributed by atoms with Crippen LogP contribution in [0.25, 0.3) is 0 Å². The maximum atomic E-state index is 5.19. The molecule has 0 bridgehead atoms. The second-order valence-corrected chi connectivity index (χ2v) is 3.84. The Labute approximate surface area is 86.4 Å². The van der Waals surface area contributed by atoms with Crippen LogP contribution in [-0.2, 0) is 0 Å². The van der Waals surface area contributed by atoms with E-state index in [0.717, 1.165) is 12.2 Å². The minimum atomic E-state index is 0.516. The van der Waals surface area contributed by atoms with E-state index >= 15 is 0 Å². The summed E-state index contributed by atoms with van der Waals surface area (Å²) in [5, 5.41) is 0. The molecule has 1 aromatic carbocycles. The van der Waals surface area contributed by atoms with Crippen molar-refractivity contribution in [2.45, 2.75) is 26.2 Å². The summed E-state index contributed by atoms with van der Waals surface area (Å²) in [4.78, 5) is 0. The Morgan fingerprint density at radius 2 is 2.21 bits per heavy atom. The molecule has 1 atom stereocenters. The zero-order valence-electron chi connectivity index (χ0n) is 9.21. The predicted octanol–water partition coefficient (Wildman–Crippen LogP) is 3.76. The summed E-state index contributed by atoms with van der Waals surface area (Å²) in [5.74, 6) is 1.44. The third-order valence-corrected chi connectivity index (χ3v) is 2.32. The van der Waals surface area contributed by atoms with Gasteiger partial charge < -0.3 is 4.74 Å². The Kier molecular flexibility index (Phi) is 3.75. The van der Waals surface area contributed by atoms with Gasteiger partial charge in [0.15, 0.2) is 0 Å². The minimum Gasteiger partial charge on any atom is -0.497 e. The Morgan fingerprint density at radius 3 is 2.79 bits per heavy atom.